The van der Waals surface area contributed by atoms with Gasteiger partial charge in [-0.2, -0.15) is 27.6 Å². The van der Waals surface area contributed by atoms with Gasteiger partial charge in [0, 0.05) is 5.56 Å². The number of benzene rings is 1. The van der Waals surface area contributed by atoms with Gasteiger partial charge in [-0.25, -0.2) is 4.39 Å². The number of hydrogen-bond donors (Lipinski definition) is 1. The van der Waals surface area contributed by atoms with Gasteiger partial charge in [0.05, 0.1) is 5.71 Å². The van der Waals surface area contributed by atoms with E-state index < -0.39 is 35.0 Å². The van der Waals surface area contributed by atoms with Gasteiger partial charge in [0.2, 0.25) is 11.6 Å². The van der Waals surface area contributed by atoms with Crippen molar-refractivity contribution >= 4 is 11.4 Å². The first kappa shape index (κ1) is 14.9. The van der Waals surface area contributed by atoms with Crippen LogP contribution in [-0.4, -0.2) is 10.7 Å². The number of pyridine rings is 1. The Kier molecular flexibility index (Phi) is 4.15. The minimum absolute atomic E-state index is 0.158. The number of nitrogens with zero attached hydrogens (tertiary/aromatic N) is 2. The molecule has 0 spiro atoms. The smallest absolute Gasteiger partial charge is 0.254 e. The summed E-state index contributed by atoms with van der Waals surface area (Å²) in [7, 11) is 0. The zero-order chi connectivity index (χ0) is 15.6. The highest BCUT2D eigenvalue weighted by molar-refractivity contribution is 5.99. The highest BCUT2D eigenvalue weighted by Crippen LogP contribution is 2.22. The minimum Gasteiger partial charge on any atom is -0.272 e. The molecule has 2 rings (SSSR count). The molecule has 8 heteroatoms. The van der Waals surface area contributed by atoms with E-state index in [2.05, 4.69) is 10.1 Å². The molecule has 0 unspecified atom stereocenters. The summed E-state index contributed by atoms with van der Waals surface area (Å²) >= 11 is 0. The summed E-state index contributed by atoms with van der Waals surface area (Å²) in [6.45, 7) is 1.42. The van der Waals surface area contributed by atoms with Gasteiger partial charge in [0.25, 0.3) is 11.9 Å². The maximum absolute atomic E-state index is 13.3. The highest BCUT2D eigenvalue weighted by atomic mass is 19.2. The van der Waals surface area contributed by atoms with Gasteiger partial charge < -0.3 is 0 Å². The first-order valence-electron chi connectivity index (χ1n) is 5.66. The molecule has 3 nitrogen and oxygen atoms in total. The Morgan fingerprint density at radius 2 is 1.67 bits per heavy atom. The lowest BCUT2D eigenvalue weighted by Gasteiger charge is -2.06. The normalized spacial score (nSPS) is 11.6. The van der Waals surface area contributed by atoms with Crippen molar-refractivity contribution in [2.24, 2.45) is 5.10 Å². The molecule has 1 aromatic carbocycles. The van der Waals surface area contributed by atoms with Gasteiger partial charge in [0.1, 0.15) is 11.5 Å². The monoisotopic (exact) mass is 301 g/mol. The van der Waals surface area contributed by atoms with Crippen molar-refractivity contribution in [3.05, 3.63) is 59.2 Å². The third-order valence-corrected chi connectivity index (χ3v) is 2.58. The molecule has 0 amide bonds. The number of anilines is 1. The molecule has 0 bridgehead atoms. The van der Waals surface area contributed by atoms with E-state index in [0.717, 1.165) is 6.07 Å². The molecule has 0 saturated heterocycles. The number of hydrazone groups is 1. The summed E-state index contributed by atoms with van der Waals surface area (Å²) in [4.78, 5) is 2.41. The largest absolute Gasteiger partial charge is 0.272 e. The van der Waals surface area contributed by atoms with E-state index in [0.29, 0.717) is 5.56 Å². The molecule has 0 aliphatic carbocycles. The lowest BCUT2D eigenvalue weighted by Crippen LogP contribution is -2.07. The predicted molar refractivity (Wildman–Crippen MR) is 66.3 cm³/mol. The SMILES string of the molecule is C/C(=N\Nc1c(F)c(F)nc(F)c1F)c1cccc(F)c1. The number of aromatic nitrogens is 1. The number of rotatable bonds is 3. The molecular weight excluding hydrogens is 293 g/mol. The fourth-order valence-corrected chi connectivity index (χ4v) is 1.50. The van der Waals surface area contributed by atoms with E-state index in [1.807, 2.05) is 5.43 Å². The molecule has 2 aromatic rings. The van der Waals surface area contributed by atoms with Gasteiger partial charge in [-0.3, -0.25) is 5.43 Å². The summed E-state index contributed by atoms with van der Waals surface area (Å²) in [6.07, 6.45) is 0. The zero-order valence-corrected chi connectivity index (χ0v) is 10.6. The van der Waals surface area contributed by atoms with Crippen molar-refractivity contribution in [2.45, 2.75) is 6.92 Å². The fraction of sp³-hybridized carbons (Fsp3) is 0.0769. The predicted octanol–water partition coefficient (Wildman–Crippen LogP) is 3.61. The standard InChI is InChI=1S/C13H8F5N3/c1-6(7-3-2-4-8(14)5-7)20-21-11-9(15)12(17)19-13(18)10(11)16/h2-5H,1H3,(H,19,21)/b20-6+. The van der Waals surface area contributed by atoms with Crippen LogP contribution in [0.4, 0.5) is 27.6 Å². The molecule has 0 radical (unpaired) electrons. The van der Waals surface area contributed by atoms with Gasteiger partial charge in [-0.1, -0.05) is 12.1 Å². The van der Waals surface area contributed by atoms with E-state index in [1.165, 1.54) is 25.1 Å². The van der Waals surface area contributed by atoms with E-state index in [-0.39, 0.29) is 5.71 Å². The molecular formula is C13H8F5N3. The van der Waals surface area contributed by atoms with E-state index in [4.69, 9.17) is 0 Å². The summed E-state index contributed by atoms with van der Waals surface area (Å²) in [6, 6.07) is 5.26. The Morgan fingerprint density at radius 1 is 1.05 bits per heavy atom. The second-order valence-electron chi connectivity index (χ2n) is 4.02. The van der Waals surface area contributed by atoms with Gasteiger partial charge in [0.15, 0.2) is 0 Å². The maximum atomic E-state index is 13.3. The Bertz CT molecular complexity index is 689. The Hall–Kier alpha value is -2.51. The van der Waals surface area contributed by atoms with Crippen molar-refractivity contribution in [1.82, 2.24) is 4.98 Å². The van der Waals surface area contributed by atoms with Gasteiger partial charge in [-0.15, -0.1) is 0 Å². The van der Waals surface area contributed by atoms with Crippen LogP contribution in [0, 0.1) is 29.3 Å². The van der Waals surface area contributed by atoms with Crippen LogP contribution in [0.25, 0.3) is 0 Å². The average Bonchev–Trinajstić information content (AvgIpc) is 2.45. The second-order valence-corrected chi connectivity index (χ2v) is 4.02. The lowest BCUT2D eigenvalue weighted by molar-refractivity contribution is 0.411. The highest BCUT2D eigenvalue weighted by Gasteiger charge is 2.20. The minimum atomic E-state index is -1.80. The van der Waals surface area contributed by atoms with E-state index >= 15 is 0 Å². The Morgan fingerprint density at radius 3 is 2.24 bits per heavy atom. The first-order chi connectivity index (χ1) is 9.90. The van der Waals surface area contributed by atoms with Crippen molar-refractivity contribution in [3.8, 4) is 0 Å². The Balaban J connectivity index is 2.33. The molecule has 1 heterocycles. The molecule has 0 aliphatic rings. The molecule has 110 valence electrons. The summed E-state index contributed by atoms with van der Waals surface area (Å²) in [5, 5.41) is 3.57. The molecule has 0 aliphatic heterocycles. The third kappa shape index (κ3) is 3.15. The van der Waals surface area contributed by atoms with E-state index in [9.17, 15) is 22.0 Å². The molecule has 1 aromatic heterocycles. The number of halogens is 5. The fourth-order valence-electron chi connectivity index (χ4n) is 1.50. The summed E-state index contributed by atoms with van der Waals surface area (Å²) < 4.78 is 65.4. The van der Waals surface area contributed by atoms with Gasteiger partial charge >= 0.3 is 0 Å². The third-order valence-electron chi connectivity index (χ3n) is 2.58. The molecule has 1 N–H and O–H groups in total. The summed E-state index contributed by atoms with van der Waals surface area (Å²) in [5.41, 5.74) is 1.25. The Labute approximate surface area is 116 Å². The van der Waals surface area contributed by atoms with Crippen LogP contribution in [0.3, 0.4) is 0 Å². The topological polar surface area (TPSA) is 37.3 Å². The van der Waals surface area contributed by atoms with Crippen LogP contribution in [0.15, 0.2) is 29.4 Å². The molecule has 0 atom stereocenters. The summed E-state index contributed by atoms with van der Waals surface area (Å²) in [5.74, 6) is -7.53. The average molecular weight is 301 g/mol. The maximum Gasteiger partial charge on any atom is 0.254 e. The molecule has 0 fully saturated rings. The van der Waals surface area contributed by atoms with Crippen LogP contribution in [0.2, 0.25) is 0 Å². The van der Waals surface area contributed by atoms with Crippen LogP contribution in [0.1, 0.15) is 12.5 Å². The quantitative estimate of drug-likeness (QED) is 0.407. The van der Waals surface area contributed by atoms with Crippen LogP contribution in [0.5, 0.6) is 0 Å². The van der Waals surface area contributed by atoms with Crippen LogP contribution >= 0.6 is 0 Å². The molecule has 0 saturated carbocycles. The van der Waals surface area contributed by atoms with Crippen LogP contribution in [-0.2, 0) is 0 Å². The van der Waals surface area contributed by atoms with Crippen molar-refractivity contribution < 1.29 is 22.0 Å². The van der Waals surface area contributed by atoms with Crippen molar-refractivity contribution in [1.29, 1.82) is 0 Å². The van der Waals surface area contributed by atoms with Crippen molar-refractivity contribution in [2.75, 3.05) is 5.43 Å². The molecule has 21 heavy (non-hydrogen) atoms. The zero-order valence-electron chi connectivity index (χ0n) is 10.6. The number of hydrogen-bond acceptors (Lipinski definition) is 3. The lowest BCUT2D eigenvalue weighted by atomic mass is 10.1. The first-order valence-corrected chi connectivity index (χ1v) is 5.66. The second kappa shape index (κ2) is 5.86. The number of nitrogens with one attached hydrogen (secondary N) is 1. The van der Waals surface area contributed by atoms with Crippen molar-refractivity contribution in [3.63, 3.8) is 0 Å². The van der Waals surface area contributed by atoms with Crippen LogP contribution < -0.4 is 5.43 Å². The van der Waals surface area contributed by atoms with Gasteiger partial charge in [-0.05, 0) is 19.1 Å². The van der Waals surface area contributed by atoms with E-state index in [1.54, 1.807) is 0 Å².